The van der Waals surface area contributed by atoms with E-state index in [-0.39, 0.29) is 0 Å². The van der Waals surface area contributed by atoms with Gasteiger partial charge in [-0.15, -0.1) is 0 Å². The van der Waals surface area contributed by atoms with E-state index in [1.54, 1.807) is 11.8 Å². The molecule has 0 saturated carbocycles. The monoisotopic (exact) mass is 587 g/mol. The molecule has 203 valence electrons. The summed E-state index contributed by atoms with van der Waals surface area (Å²) in [5.74, 6) is 1.77. The molecule has 6 aromatic rings. The van der Waals surface area contributed by atoms with E-state index < -0.39 is 0 Å². The maximum Gasteiger partial charge on any atom is 0.197 e. The van der Waals surface area contributed by atoms with Crippen LogP contribution in [0.15, 0.2) is 141 Å². The first-order valence-corrected chi connectivity index (χ1v) is 16.0. The first kappa shape index (κ1) is 25.0. The molecule has 3 aliphatic rings. The highest BCUT2D eigenvalue weighted by atomic mass is 32.2. The van der Waals surface area contributed by atoms with Crippen LogP contribution in [-0.2, 0) is 0 Å². The Balaban J connectivity index is 1.27. The summed E-state index contributed by atoms with van der Waals surface area (Å²) < 4.78 is 6.44. The predicted octanol–water partition coefficient (Wildman–Crippen LogP) is 9.57. The van der Waals surface area contributed by atoms with Crippen LogP contribution in [0.4, 0.5) is 28.4 Å². The molecule has 1 N–H and O–H groups in total. The normalized spacial score (nSPS) is 13.4. The molecular formula is C37H24BN2OS2. The van der Waals surface area contributed by atoms with Gasteiger partial charge in [-0.2, -0.15) is 0 Å². The van der Waals surface area contributed by atoms with Gasteiger partial charge in [0.05, 0.1) is 26.9 Å². The number of nitrogens with zero attached hydrogens (tertiary/aromatic N) is 1. The van der Waals surface area contributed by atoms with Crippen molar-refractivity contribution in [3.63, 3.8) is 0 Å². The average molecular weight is 588 g/mol. The van der Waals surface area contributed by atoms with Crippen molar-refractivity contribution in [2.24, 2.45) is 0 Å². The largest absolute Gasteiger partial charge is 0.455 e. The van der Waals surface area contributed by atoms with Crippen LogP contribution in [0.25, 0.3) is 11.1 Å². The van der Waals surface area contributed by atoms with Gasteiger partial charge in [-0.1, -0.05) is 89.7 Å². The van der Waals surface area contributed by atoms with E-state index in [1.807, 2.05) is 30.0 Å². The van der Waals surface area contributed by atoms with Crippen LogP contribution in [0.5, 0.6) is 11.5 Å². The van der Waals surface area contributed by atoms with Crippen molar-refractivity contribution < 1.29 is 4.74 Å². The van der Waals surface area contributed by atoms with Crippen molar-refractivity contribution in [1.29, 1.82) is 0 Å². The van der Waals surface area contributed by atoms with Crippen molar-refractivity contribution >= 4 is 70.2 Å². The third-order valence-corrected chi connectivity index (χ3v) is 10.3. The second kappa shape index (κ2) is 9.76. The molecule has 0 saturated heterocycles. The van der Waals surface area contributed by atoms with E-state index in [4.69, 9.17) is 4.74 Å². The lowest BCUT2D eigenvalue weighted by molar-refractivity contribution is 0.455. The van der Waals surface area contributed by atoms with Gasteiger partial charge in [0.1, 0.15) is 11.5 Å². The lowest BCUT2D eigenvalue weighted by Gasteiger charge is -2.40. The SMILES string of the molecule is Cc1cc(-c2cc3c(cc2Nc2ccccc2)Oc2ccccc2S3)c2c(c1)N1c3ccccc3Sc3cccc(c31)[B]2. The highest BCUT2D eigenvalue weighted by Crippen LogP contribution is 2.53. The molecule has 9 rings (SSSR count). The molecule has 0 fully saturated rings. The predicted molar refractivity (Wildman–Crippen MR) is 181 cm³/mol. The quantitative estimate of drug-likeness (QED) is 0.208. The van der Waals surface area contributed by atoms with Gasteiger partial charge in [0.2, 0.25) is 0 Å². The van der Waals surface area contributed by atoms with Gasteiger partial charge in [-0.05, 0) is 78.1 Å². The fraction of sp³-hybridized carbons (Fsp3) is 0.0270. The van der Waals surface area contributed by atoms with Gasteiger partial charge >= 0.3 is 0 Å². The molecule has 0 unspecified atom stereocenters. The molecule has 43 heavy (non-hydrogen) atoms. The summed E-state index contributed by atoms with van der Waals surface area (Å²) in [6.45, 7) is 2.20. The number of anilines is 5. The second-order valence-corrected chi connectivity index (χ2v) is 13.1. The van der Waals surface area contributed by atoms with E-state index in [9.17, 15) is 0 Å². The fourth-order valence-corrected chi connectivity index (χ4v) is 8.34. The number of hydrogen-bond acceptors (Lipinski definition) is 5. The maximum absolute atomic E-state index is 6.44. The number of aryl methyl sites for hydroxylation is 1. The number of hydrogen-bond donors (Lipinski definition) is 1. The summed E-state index contributed by atoms with van der Waals surface area (Å²) >= 11 is 3.62. The standard InChI is InChI=1S/C37H24BN2OS2/c1-22-18-25(36-29(19-22)40-28-13-5-7-15-32(28)42-34-17-9-12-26(38-36)37(34)40)24-20-35-31(41-30-14-6-8-16-33(30)43-35)21-27(24)39-23-10-3-2-4-11-23/h2-21,39H,1H3. The van der Waals surface area contributed by atoms with Crippen molar-refractivity contribution in [3.05, 3.63) is 127 Å². The number of rotatable bonds is 3. The highest BCUT2D eigenvalue weighted by Gasteiger charge is 2.34. The highest BCUT2D eigenvalue weighted by molar-refractivity contribution is 8.00. The molecule has 3 aliphatic heterocycles. The fourth-order valence-electron chi connectivity index (χ4n) is 6.27. The molecule has 3 nitrogen and oxygen atoms in total. The summed E-state index contributed by atoms with van der Waals surface area (Å²) in [5, 5.41) is 3.73. The Hall–Kier alpha value is -4.52. The van der Waals surface area contributed by atoms with Crippen LogP contribution in [0.3, 0.4) is 0 Å². The molecular weight excluding hydrogens is 563 g/mol. The molecule has 1 radical (unpaired) electrons. The number of nitrogens with one attached hydrogen (secondary N) is 1. The van der Waals surface area contributed by atoms with Crippen molar-refractivity contribution in [2.45, 2.75) is 26.5 Å². The Labute approximate surface area is 260 Å². The molecule has 3 heterocycles. The Morgan fingerprint density at radius 3 is 2.30 bits per heavy atom. The smallest absolute Gasteiger partial charge is 0.197 e. The van der Waals surface area contributed by atoms with Gasteiger partial charge in [0.15, 0.2) is 7.28 Å². The zero-order valence-electron chi connectivity index (χ0n) is 23.3. The minimum Gasteiger partial charge on any atom is -0.455 e. The number of ether oxygens (including phenoxy) is 1. The van der Waals surface area contributed by atoms with Gasteiger partial charge in [0.25, 0.3) is 0 Å². The van der Waals surface area contributed by atoms with Crippen LogP contribution >= 0.6 is 23.5 Å². The summed E-state index contributed by atoms with van der Waals surface area (Å²) in [4.78, 5) is 7.27. The van der Waals surface area contributed by atoms with Gasteiger partial charge < -0.3 is 15.0 Å². The zero-order valence-corrected chi connectivity index (χ0v) is 24.9. The molecule has 0 spiro atoms. The molecule has 0 atom stereocenters. The Morgan fingerprint density at radius 1 is 0.628 bits per heavy atom. The van der Waals surface area contributed by atoms with E-state index in [2.05, 4.69) is 128 Å². The van der Waals surface area contributed by atoms with E-state index >= 15 is 0 Å². The zero-order chi connectivity index (χ0) is 28.5. The average Bonchev–Trinajstić information content (AvgIpc) is 3.04. The maximum atomic E-state index is 6.44. The Kier molecular flexibility index (Phi) is 5.68. The molecule has 0 aromatic heterocycles. The third kappa shape index (κ3) is 4.09. The number of fused-ring (bicyclic) bond motifs is 6. The van der Waals surface area contributed by atoms with Crippen LogP contribution < -0.4 is 25.9 Å². The van der Waals surface area contributed by atoms with Crippen LogP contribution in [0, 0.1) is 6.92 Å². The summed E-state index contributed by atoms with van der Waals surface area (Å²) in [5.41, 5.74) is 11.8. The van der Waals surface area contributed by atoms with E-state index in [0.29, 0.717) is 0 Å². The molecule has 0 bridgehead atoms. The molecule has 0 amide bonds. The first-order valence-electron chi connectivity index (χ1n) is 14.3. The minimum atomic E-state index is 0.869. The Bertz CT molecular complexity index is 2100. The molecule has 6 aromatic carbocycles. The van der Waals surface area contributed by atoms with Gasteiger partial charge in [-0.3, -0.25) is 0 Å². The van der Waals surface area contributed by atoms with Crippen molar-refractivity contribution in [3.8, 4) is 22.6 Å². The lowest BCUT2D eigenvalue weighted by atomic mass is 9.58. The Morgan fingerprint density at radius 2 is 1.40 bits per heavy atom. The first-order chi connectivity index (χ1) is 21.2. The molecule has 6 heteroatoms. The topological polar surface area (TPSA) is 24.5 Å². The van der Waals surface area contributed by atoms with Gasteiger partial charge in [0, 0.05) is 32.8 Å². The number of benzene rings is 6. The number of para-hydroxylation sites is 4. The summed E-state index contributed by atoms with van der Waals surface area (Å²) in [7, 11) is 2.37. The lowest BCUT2D eigenvalue weighted by Crippen LogP contribution is -2.42. The molecule has 0 aliphatic carbocycles. The minimum absolute atomic E-state index is 0.869. The van der Waals surface area contributed by atoms with E-state index in [0.717, 1.165) is 38.2 Å². The van der Waals surface area contributed by atoms with Gasteiger partial charge in [-0.25, -0.2) is 0 Å². The third-order valence-electron chi connectivity index (χ3n) is 8.14. The van der Waals surface area contributed by atoms with Crippen molar-refractivity contribution in [2.75, 3.05) is 10.2 Å². The van der Waals surface area contributed by atoms with Crippen molar-refractivity contribution in [1.82, 2.24) is 0 Å². The summed E-state index contributed by atoms with van der Waals surface area (Å²) in [6, 6.07) is 43.2. The van der Waals surface area contributed by atoms with Crippen LogP contribution in [0.2, 0.25) is 0 Å². The van der Waals surface area contributed by atoms with Crippen LogP contribution in [0.1, 0.15) is 5.56 Å². The van der Waals surface area contributed by atoms with E-state index in [1.165, 1.54) is 48.9 Å². The van der Waals surface area contributed by atoms with Crippen LogP contribution in [-0.4, -0.2) is 7.28 Å². The second-order valence-electron chi connectivity index (χ2n) is 11.0. The summed E-state index contributed by atoms with van der Waals surface area (Å²) in [6.07, 6.45) is 0.